The smallest absolute Gasteiger partial charge is 0.220 e. The molecule has 0 amide bonds. The molecule has 0 unspecified atom stereocenters. The molecule has 3 rings (SSSR count). The van der Waals surface area contributed by atoms with Crippen LogP contribution in [-0.4, -0.2) is 25.2 Å². The van der Waals surface area contributed by atoms with Crippen molar-refractivity contribution in [2.24, 2.45) is 0 Å². The Morgan fingerprint density at radius 1 is 1.14 bits per heavy atom. The zero-order chi connectivity index (χ0) is 15.5. The van der Waals surface area contributed by atoms with Gasteiger partial charge in [-0.05, 0) is 59.3 Å². The third-order valence-electron chi connectivity index (χ3n) is 3.17. The predicted octanol–water partition coefficient (Wildman–Crippen LogP) is 2.70. The maximum atomic E-state index is 9.16. The molecule has 0 spiro atoms. The molecule has 1 aromatic carbocycles. The minimum absolute atomic E-state index is 0.503. The van der Waals surface area contributed by atoms with Crippen LogP contribution in [0.15, 0.2) is 46.7 Å². The van der Waals surface area contributed by atoms with Gasteiger partial charge in [0.15, 0.2) is 0 Å². The number of aryl methyl sites for hydroxylation is 2. The summed E-state index contributed by atoms with van der Waals surface area (Å²) in [5.41, 5.74) is 3.61. The maximum absolute atomic E-state index is 9.16. The lowest BCUT2D eigenvalue weighted by atomic mass is 10.1. The SMILES string of the molecule is Cc1cccc(C)c1-n1nnnc1Sc1ncccc1C#N. The first-order chi connectivity index (χ1) is 10.7. The fraction of sp³-hybridized carbons (Fsp3) is 0.133. The van der Waals surface area contributed by atoms with E-state index in [1.807, 2.05) is 32.0 Å². The Morgan fingerprint density at radius 2 is 1.91 bits per heavy atom. The zero-order valence-electron chi connectivity index (χ0n) is 12.1. The Balaban J connectivity index is 2.05. The van der Waals surface area contributed by atoms with Gasteiger partial charge >= 0.3 is 0 Å². The van der Waals surface area contributed by atoms with Gasteiger partial charge in [0.2, 0.25) is 5.16 Å². The fourth-order valence-electron chi connectivity index (χ4n) is 2.17. The number of nitrogens with zero attached hydrogens (tertiary/aromatic N) is 6. The normalized spacial score (nSPS) is 10.4. The number of benzene rings is 1. The molecular formula is C15H12N6S. The Morgan fingerprint density at radius 3 is 2.64 bits per heavy atom. The van der Waals surface area contributed by atoms with Gasteiger partial charge in [-0.25, -0.2) is 4.98 Å². The Bertz CT molecular complexity index is 844. The molecule has 2 heterocycles. The average Bonchev–Trinajstić information content (AvgIpc) is 2.96. The average molecular weight is 308 g/mol. The highest BCUT2D eigenvalue weighted by Gasteiger charge is 2.16. The van der Waals surface area contributed by atoms with E-state index >= 15 is 0 Å². The van der Waals surface area contributed by atoms with Crippen molar-refractivity contribution >= 4 is 11.8 Å². The van der Waals surface area contributed by atoms with Crippen LogP contribution in [0, 0.1) is 25.2 Å². The Kier molecular flexibility index (Phi) is 3.85. The van der Waals surface area contributed by atoms with Crippen LogP contribution in [0.3, 0.4) is 0 Å². The fourth-order valence-corrected chi connectivity index (χ4v) is 2.97. The number of aromatic nitrogens is 5. The summed E-state index contributed by atoms with van der Waals surface area (Å²) >= 11 is 1.28. The lowest BCUT2D eigenvalue weighted by Gasteiger charge is -2.10. The summed E-state index contributed by atoms with van der Waals surface area (Å²) in [4.78, 5) is 4.24. The highest BCUT2D eigenvalue weighted by molar-refractivity contribution is 7.99. The van der Waals surface area contributed by atoms with Crippen LogP contribution < -0.4 is 0 Å². The number of nitriles is 1. The number of pyridine rings is 1. The molecule has 22 heavy (non-hydrogen) atoms. The molecule has 0 saturated carbocycles. The topological polar surface area (TPSA) is 80.3 Å². The first kappa shape index (κ1) is 14.2. The van der Waals surface area contributed by atoms with Crippen molar-refractivity contribution in [1.82, 2.24) is 25.2 Å². The molecule has 0 radical (unpaired) electrons. The number of para-hydroxylation sites is 1. The molecule has 0 aliphatic rings. The Hall–Kier alpha value is -2.72. The van der Waals surface area contributed by atoms with Crippen LogP contribution in [-0.2, 0) is 0 Å². The van der Waals surface area contributed by atoms with Crippen molar-refractivity contribution in [3.63, 3.8) is 0 Å². The van der Waals surface area contributed by atoms with E-state index in [1.54, 1.807) is 23.0 Å². The molecule has 6 nitrogen and oxygen atoms in total. The highest BCUT2D eigenvalue weighted by atomic mass is 32.2. The summed E-state index contributed by atoms with van der Waals surface area (Å²) in [6.45, 7) is 4.03. The van der Waals surface area contributed by atoms with E-state index in [0.29, 0.717) is 15.7 Å². The highest BCUT2D eigenvalue weighted by Crippen LogP contribution is 2.29. The van der Waals surface area contributed by atoms with Crippen LogP contribution in [0.1, 0.15) is 16.7 Å². The molecule has 0 bridgehead atoms. The summed E-state index contributed by atoms with van der Waals surface area (Å²) in [6.07, 6.45) is 1.65. The van der Waals surface area contributed by atoms with Crippen molar-refractivity contribution in [2.75, 3.05) is 0 Å². The maximum Gasteiger partial charge on any atom is 0.220 e. The largest absolute Gasteiger partial charge is 0.248 e. The van der Waals surface area contributed by atoms with Crippen LogP contribution in [0.5, 0.6) is 0 Å². The summed E-state index contributed by atoms with van der Waals surface area (Å²) < 4.78 is 1.69. The van der Waals surface area contributed by atoms with Crippen molar-refractivity contribution in [3.8, 4) is 11.8 Å². The number of rotatable bonds is 3. The van der Waals surface area contributed by atoms with E-state index in [2.05, 4.69) is 26.6 Å². The lowest BCUT2D eigenvalue weighted by molar-refractivity contribution is 0.747. The molecule has 2 aromatic heterocycles. The second kappa shape index (κ2) is 5.95. The molecule has 0 aliphatic carbocycles. The van der Waals surface area contributed by atoms with E-state index in [0.717, 1.165) is 16.8 Å². The zero-order valence-corrected chi connectivity index (χ0v) is 12.9. The summed E-state index contributed by atoms with van der Waals surface area (Å²) in [5.74, 6) is 0. The van der Waals surface area contributed by atoms with Crippen LogP contribution in [0.4, 0.5) is 0 Å². The minimum atomic E-state index is 0.503. The second-order valence-corrected chi connectivity index (χ2v) is 5.64. The third kappa shape index (κ3) is 2.56. The van der Waals surface area contributed by atoms with Crippen LogP contribution in [0.2, 0.25) is 0 Å². The molecular weight excluding hydrogens is 296 g/mol. The molecule has 108 valence electrons. The number of tetrazole rings is 1. The van der Waals surface area contributed by atoms with Crippen molar-refractivity contribution in [1.29, 1.82) is 5.26 Å². The van der Waals surface area contributed by atoms with E-state index in [9.17, 15) is 0 Å². The number of hydrogen-bond acceptors (Lipinski definition) is 6. The van der Waals surface area contributed by atoms with Gasteiger partial charge < -0.3 is 0 Å². The second-order valence-electron chi connectivity index (χ2n) is 4.68. The van der Waals surface area contributed by atoms with Gasteiger partial charge in [0, 0.05) is 6.20 Å². The van der Waals surface area contributed by atoms with Crippen LogP contribution >= 0.6 is 11.8 Å². The van der Waals surface area contributed by atoms with E-state index in [1.165, 1.54) is 11.8 Å². The van der Waals surface area contributed by atoms with Crippen molar-refractivity contribution < 1.29 is 0 Å². The minimum Gasteiger partial charge on any atom is -0.248 e. The summed E-state index contributed by atoms with van der Waals surface area (Å²) in [6, 6.07) is 11.6. The Labute approximate surface area is 131 Å². The lowest BCUT2D eigenvalue weighted by Crippen LogP contribution is -2.04. The van der Waals surface area contributed by atoms with Gasteiger partial charge in [-0.1, -0.05) is 18.2 Å². The standard InChI is InChI=1S/C15H12N6S/c1-10-5-3-6-11(2)13(10)21-15(18-19-20-21)22-14-12(9-16)7-4-8-17-14/h3-8H,1-2H3. The van der Waals surface area contributed by atoms with Crippen molar-refractivity contribution in [2.45, 2.75) is 24.0 Å². The third-order valence-corrected chi connectivity index (χ3v) is 4.13. The van der Waals surface area contributed by atoms with Gasteiger partial charge in [-0.15, -0.1) is 5.10 Å². The molecule has 3 aromatic rings. The summed E-state index contributed by atoms with van der Waals surface area (Å²) in [5, 5.41) is 22.2. The van der Waals surface area contributed by atoms with Gasteiger partial charge in [0.1, 0.15) is 11.1 Å². The first-order valence-electron chi connectivity index (χ1n) is 6.58. The van der Waals surface area contributed by atoms with Crippen molar-refractivity contribution in [3.05, 3.63) is 53.2 Å². The number of hydrogen-bond donors (Lipinski definition) is 0. The molecule has 7 heteroatoms. The van der Waals surface area contributed by atoms with Gasteiger partial charge in [-0.2, -0.15) is 9.94 Å². The molecule has 0 N–H and O–H groups in total. The van der Waals surface area contributed by atoms with E-state index in [-0.39, 0.29) is 0 Å². The van der Waals surface area contributed by atoms with Gasteiger partial charge in [0.25, 0.3) is 0 Å². The quantitative estimate of drug-likeness (QED) is 0.740. The van der Waals surface area contributed by atoms with Gasteiger partial charge in [-0.3, -0.25) is 0 Å². The molecule has 0 saturated heterocycles. The van der Waals surface area contributed by atoms with E-state index in [4.69, 9.17) is 5.26 Å². The monoisotopic (exact) mass is 308 g/mol. The van der Waals surface area contributed by atoms with Gasteiger partial charge in [0.05, 0.1) is 11.3 Å². The first-order valence-corrected chi connectivity index (χ1v) is 7.40. The molecule has 0 aliphatic heterocycles. The van der Waals surface area contributed by atoms with Crippen LogP contribution in [0.25, 0.3) is 5.69 Å². The molecule has 0 atom stereocenters. The van der Waals surface area contributed by atoms with E-state index < -0.39 is 0 Å². The molecule has 0 fully saturated rings. The summed E-state index contributed by atoms with van der Waals surface area (Å²) in [7, 11) is 0. The predicted molar refractivity (Wildman–Crippen MR) is 81.7 cm³/mol.